The molecule has 0 bridgehead atoms. The summed E-state index contributed by atoms with van der Waals surface area (Å²) in [6, 6.07) is 13.0. The number of imide groups is 1. The zero-order valence-corrected chi connectivity index (χ0v) is 45.8. The third-order valence-electron chi connectivity index (χ3n) is 13.2. The summed E-state index contributed by atoms with van der Waals surface area (Å²) in [5.41, 5.74) is 7.21. The molecule has 1 aliphatic heterocycles. The number of nitrogens with two attached hydrogens (primary N) is 1. The van der Waals surface area contributed by atoms with Gasteiger partial charge in [-0.1, -0.05) is 83.5 Å². The van der Waals surface area contributed by atoms with Crippen LogP contribution in [0.5, 0.6) is 0 Å². The van der Waals surface area contributed by atoms with Crippen molar-refractivity contribution in [3.63, 3.8) is 0 Å². The summed E-state index contributed by atoms with van der Waals surface area (Å²) < 4.78 is 31.3. The van der Waals surface area contributed by atoms with E-state index in [1.165, 1.54) is 36.1 Å². The van der Waals surface area contributed by atoms with Crippen LogP contribution < -0.4 is 32.3 Å². The minimum atomic E-state index is -1.37. The number of aliphatic hydroxyl groups excluding tert-OH is 1. The van der Waals surface area contributed by atoms with Crippen molar-refractivity contribution >= 4 is 58.9 Å². The third kappa shape index (κ3) is 18.2. The lowest BCUT2D eigenvalue weighted by atomic mass is 9.84. The van der Waals surface area contributed by atoms with Gasteiger partial charge in [-0.2, -0.15) is 0 Å². The van der Waals surface area contributed by atoms with E-state index in [9.17, 15) is 57.8 Å². The first-order chi connectivity index (χ1) is 37.9. The number of hydrogen-bond donors (Lipinski definition) is 8. The van der Waals surface area contributed by atoms with E-state index in [2.05, 4.69) is 26.6 Å². The number of carboxylic acids is 1. The van der Waals surface area contributed by atoms with Gasteiger partial charge in [0.1, 0.15) is 42.2 Å². The van der Waals surface area contributed by atoms with Crippen LogP contribution in [0.25, 0.3) is 11.3 Å². The van der Waals surface area contributed by atoms with E-state index >= 15 is 4.39 Å². The molecule has 21 nitrogen and oxygen atoms in total. The molecule has 0 radical (unpaired) electrons. The van der Waals surface area contributed by atoms with Gasteiger partial charge >= 0.3 is 5.97 Å². The highest BCUT2D eigenvalue weighted by molar-refractivity contribution is 6.12. The number of nitrogens with one attached hydrogen (secondary N) is 5. The zero-order chi connectivity index (χ0) is 58.8. The number of carbonyl (C=O) groups is 9. The fourth-order valence-electron chi connectivity index (χ4n) is 8.91. The van der Waals surface area contributed by atoms with Gasteiger partial charge in [0.15, 0.2) is 0 Å². The van der Waals surface area contributed by atoms with Gasteiger partial charge in [0, 0.05) is 75.0 Å². The van der Waals surface area contributed by atoms with Gasteiger partial charge in [0.25, 0.3) is 11.8 Å². The van der Waals surface area contributed by atoms with Gasteiger partial charge in [0.2, 0.25) is 35.4 Å². The lowest BCUT2D eigenvalue weighted by Gasteiger charge is -2.40. The van der Waals surface area contributed by atoms with Gasteiger partial charge in [-0.25, -0.2) is 18.6 Å². The van der Waals surface area contributed by atoms with E-state index in [1.807, 2.05) is 51.1 Å². The summed E-state index contributed by atoms with van der Waals surface area (Å²) >= 11 is 0. The van der Waals surface area contributed by atoms with Crippen molar-refractivity contribution in [1.82, 2.24) is 40.6 Å². The van der Waals surface area contributed by atoms with Crippen LogP contribution in [-0.2, 0) is 56.1 Å². The molecule has 2 heterocycles. The molecule has 430 valence electrons. The quantitative estimate of drug-likeness (QED) is 0.0283. The maximum atomic E-state index is 15.1. The average Bonchev–Trinajstić information content (AvgIpc) is 3.96. The maximum absolute atomic E-state index is 15.1. The predicted octanol–water partition coefficient (Wildman–Crippen LogP) is 3.89. The van der Waals surface area contributed by atoms with Crippen molar-refractivity contribution in [2.75, 3.05) is 31.6 Å². The van der Waals surface area contributed by atoms with Crippen LogP contribution in [0, 0.1) is 23.0 Å². The molecule has 0 saturated heterocycles. The van der Waals surface area contributed by atoms with E-state index in [-0.39, 0.29) is 86.8 Å². The first-order valence-corrected chi connectivity index (χ1v) is 26.4. The Morgan fingerprint density at radius 3 is 2.08 bits per heavy atom. The fourth-order valence-corrected chi connectivity index (χ4v) is 8.91. The highest BCUT2D eigenvalue weighted by Gasteiger charge is 2.39. The molecule has 1 aromatic heterocycles. The Labute approximate surface area is 463 Å². The van der Waals surface area contributed by atoms with Crippen LogP contribution in [0.15, 0.2) is 91.1 Å². The number of carboxylic acid groups (broad SMARTS) is 1. The van der Waals surface area contributed by atoms with Crippen LogP contribution in [0.3, 0.4) is 0 Å². The van der Waals surface area contributed by atoms with Gasteiger partial charge in [-0.05, 0) is 79.0 Å². The minimum Gasteiger partial charge on any atom is -0.480 e. The molecule has 0 saturated carbocycles. The summed E-state index contributed by atoms with van der Waals surface area (Å²) in [5, 5.41) is 33.2. The number of unbranched alkanes of at least 4 members (excludes halogenated alkanes) is 2. The second-order valence-electron chi connectivity index (χ2n) is 21.0. The number of halogens is 2. The predicted molar refractivity (Wildman–Crippen MR) is 291 cm³/mol. The maximum Gasteiger partial charge on any atom is 0.326 e. The van der Waals surface area contributed by atoms with E-state index in [0.29, 0.717) is 36.3 Å². The Kier molecular flexibility index (Phi) is 22.8. The first kappa shape index (κ1) is 62.7. The Morgan fingerprint density at radius 2 is 1.45 bits per heavy atom. The van der Waals surface area contributed by atoms with E-state index in [0.717, 1.165) is 28.7 Å². The number of carbonyl (C=O) groups excluding carboxylic acids is 8. The summed E-state index contributed by atoms with van der Waals surface area (Å²) in [6.45, 7) is 9.70. The molecule has 1 aliphatic rings. The molecule has 0 aliphatic carbocycles. The molecule has 3 aromatic carbocycles. The molecule has 4 aromatic rings. The van der Waals surface area contributed by atoms with E-state index in [1.54, 1.807) is 36.7 Å². The molecule has 9 N–H and O–H groups in total. The number of nitrogens with zero attached hydrogens (tertiary/aromatic N) is 4. The van der Waals surface area contributed by atoms with Crippen LogP contribution in [-0.4, -0.2) is 133 Å². The topological polar surface area (TPSA) is 305 Å². The number of aliphatic hydroxyl groups is 1. The van der Waals surface area contributed by atoms with Crippen molar-refractivity contribution in [1.29, 1.82) is 0 Å². The normalized spacial score (nSPS) is 14.2. The SMILES string of the molecule is CC(C)[C@H](NC(=O)CCCCCN1C(=O)C=CC1=O)C(=O)N[C@@H](C)C(=O)Nc1ccc(C[C@H](NC(=O)CCNC(=O)[C@@H](N)CCN(C(=O)CO)[C@@H](c2nc(-c3cc(F)ccc3F)cn2Cc2ccccc2)C(C)(C)C)C(=O)O)cc1. The highest BCUT2D eigenvalue weighted by atomic mass is 19.1. The number of benzene rings is 3. The van der Waals surface area contributed by atoms with Crippen LogP contribution in [0.4, 0.5) is 14.5 Å². The molecule has 0 fully saturated rings. The second-order valence-corrected chi connectivity index (χ2v) is 21.0. The van der Waals surface area contributed by atoms with Crippen molar-refractivity contribution in [3.8, 4) is 11.3 Å². The monoisotopic (exact) mass is 1110 g/mol. The van der Waals surface area contributed by atoms with Crippen molar-refractivity contribution in [2.45, 2.75) is 123 Å². The summed E-state index contributed by atoms with van der Waals surface area (Å²) in [7, 11) is 0. The molecule has 8 amide bonds. The first-order valence-electron chi connectivity index (χ1n) is 26.4. The number of aromatic nitrogens is 2. The molecule has 80 heavy (non-hydrogen) atoms. The Bertz CT molecular complexity index is 2870. The molecule has 0 spiro atoms. The van der Waals surface area contributed by atoms with E-state index in [4.69, 9.17) is 10.7 Å². The molecule has 5 rings (SSSR count). The third-order valence-corrected chi connectivity index (χ3v) is 13.2. The minimum absolute atomic E-state index is 0.0957. The number of rotatable bonds is 29. The smallest absolute Gasteiger partial charge is 0.326 e. The Balaban J connectivity index is 1.09. The van der Waals surface area contributed by atoms with Crippen molar-refractivity contribution < 1.29 is 62.1 Å². The summed E-state index contributed by atoms with van der Waals surface area (Å²) in [6.07, 6.45) is 5.10. The van der Waals surface area contributed by atoms with Gasteiger partial charge in [-0.3, -0.25) is 43.3 Å². The van der Waals surface area contributed by atoms with E-state index < -0.39 is 89.4 Å². The second kappa shape index (κ2) is 29.2. The number of hydrogen-bond acceptors (Lipinski definition) is 12. The number of amides is 8. The summed E-state index contributed by atoms with van der Waals surface area (Å²) in [4.78, 5) is 122. The molecule has 0 unspecified atom stereocenters. The molecular weight excluding hydrogens is 1040 g/mol. The number of aliphatic carboxylic acids is 1. The van der Waals surface area contributed by atoms with Crippen molar-refractivity contribution in [3.05, 3.63) is 120 Å². The Morgan fingerprint density at radius 1 is 0.787 bits per heavy atom. The highest BCUT2D eigenvalue weighted by Crippen LogP contribution is 2.39. The average molecular weight is 1110 g/mol. The lowest BCUT2D eigenvalue weighted by molar-refractivity contribution is -0.142. The zero-order valence-electron chi connectivity index (χ0n) is 45.8. The number of anilines is 1. The number of imidazole rings is 1. The van der Waals surface area contributed by atoms with Crippen LogP contribution in [0.2, 0.25) is 0 Å². The van der Waals surface area contributed by atoms with Crippen LogP contribution >= 0.6 is 0 Å². The molecular formula is C57H72F2N10O11. The van der Waals surface area contributed by atoms with Gasteiger partial charge in [0.05, 0.1) is 17.8 Å². The van der Waals surface area contributed by atoms with Gasteiger partial charge < -0.3 is 52.0 Å². The largest absolute Gasteiger partial charge is 0.480 e. The molecule has 23 heteroatoms. The molecule has 5 atom stereocenters. The lowest BCUT2D eigenvalue weighted by Crippen LogP contribution is -2.53. The van der Waals surface area contributed by atoms with Crippen molar-refractivity contribution in [2.24, 2.45) is 17.1 Å². The van der Waals surface area contributed by atoms with Gasteiger partial charge in [-0.15, -0.1) is 0 Å². The van der Waals surface area contributed by atoms with Crippen LogP contribution in [0.1, 0.15) is 103 Å². The standard InChI is InChI=1S/C57H72F2N10O11/c1-34(2)50(66-45(71)15-11-8-12-27-68-47(73)22-23-48(68)74)55(78)62-35(3)53(76)63-39-19-16-36(17-20-39)29-43(56(79)80)64-46(72)24-26-61-54(77)42(60)25-28-69(49(75)33-70)51(57(4,5)6)52-65-44(40-30-38(58)18-21-41(40)59)32-67(52)31-37-13-9-7-10-14-37/h7,9-10,13-14,16-23,30,32,34-35,42-43,50-51,70H,8,11-12,15,24-29,31,33,60H2,1-6H3,(H,61,77)(H,62,78)(H,63,76)(H,64,72)(H,66,71)(H,79,80)/t35-,42-,43-,50-,51-/m0/s1. The Hall–Kier alpha value is -8.18. The summed E-state index contributed by atoms with van der Waals surface area (Å²) in [5.74, 6) is -7.05. The fraction of sp³-hybridized carbons (Fsp3) is 0.439.